The second-order valence-electron chi connectivity index (χ2n) is 1.96. The zero-order valence-electron chi connectivity index (χ0n) is 7.04. The number of carbonyl (C=O) groups is 1. The number of thioether (sulfide) groups is 1. The van der Waals surface area contributed by atoms with Gasteiger partial charge in [0.05, 0.1) is 0 Å². The van der Waals surface area contributed by atoms with Crippen LogP contribution in [0.1, 0.15) is 6.42 Å². The number of rotatable bonds is 4. The third-order valence-electron chi connectivity index (χ3n) is 0.950. The van der Waals surface area contributed by atoms with E-state index < -0.39 is 17.1 Å². The summed E-state index contributed by atoms with van der Waals surface area (Å²) in [6.07, 6.45) is 2.48. The largest absolute Gasteiger partial charge is 0.480 e. The first-order valence-electron chi connectivity index (χ1n) is 3.22. The molecule has 0 fully saturated rings. The van der Waals surface area contributed by atoms with Gasteiger partial charge in [-0.2, -0.15) is 11.8 Å². The molecule has 0 spiro atoms. The third kappa shape index (κ3) is 18.2. The van der Waals surface area contributed by atoms with E-state index in [1.807, 2.05) is 6.26 Å². The van der Waals surface area contributed by atoms with E-state index in [9.17, 15) is 4.79 Å². The molecular formula is C5H12N2O5S. The van der Waals surface area contributed by atoms with Crippen LogP contribution in [-0.4, -0.2) is 39.4 Å². The molecule has 0 aliphatic rings. The molecule has 0 rings (SSSR count). The van der Waals surface area contributed by atoms with E-state index in [1.165, 1.54) is 0 Å². The Labute approximate surface area is 79.0 Å². The quantitative estimate of drug-likeness (QED) is 0.435. The van der Waals surface area contributed by atoms with Gasteiger partial charge in [-0.3, -0.25) is 4.79 Å². The van der Waals surface area contributed by atoms with Gasteiger partial charge in [0.1, 0.15) is 6.04 Å². The summed E-state index contributed by atoms with van der Waals surface area (Å²) in [6, 6.07) is -0.683. The summed E-state index contributed by atoms with van der Waals surface area (Å²) in [5.74, 6) is -0.1000. The molecule has 0 aliphatic carbocycles. The predicted octanol–water partition coefficient (Wildman–Crippen LogP) is -0.196. The molecule has 0 saturated heterocycles. The number of carboxylic acid groups (broad SMARTS) is 1. The monoisotopic (exact) mass is 212 g/mol. The van der Waals surface area contributed by atoms with Gasteiger partial charge in [-0.25, -0.2) is 0 Å². The molecule has 0 bridgehead atoms. The van der Waals surface area contributed by atoms with Crippen LogP contribution in [0.3, 0.4) is 0 Å². The number of nitrogens with two attached hydrogens (primary N) is 1. The molecular weight excluding hydrogens is 200 g/mol. The molecule has 0 saturated carbocycles. The van der Waals surface area contributed by atoms with Crippen LogP contribution in [0, 0.1) is 10.1 Å². The van der Waals surface area contributed by atoms with Crippen molar-refractivity contribution < 1.29 is 20.2 Å². The van der Waals surface area contributed by atoms with Crippen molar-refractivity contribution in [2.75, 3.05) is 12.0 Å². The van der Waals surface area contributed by atoms with Crippen LogP contribution in [0.2, 0.25) is 0 Å². The summed E-state index contributed by atoms with van der Waals surface area (Å²) in [7, 11) is 0. The van der Waals surface area contributed by atoms with Crippen LogP contribution in [-0.2, 0) is 4.79 Å². The summed E-state index contributed by atoms with van der Waals surface area (Å²) in [5, 5.41) is 21.9. The van der Waals surface area contributed by atoms with Crippen LogP contribution in [0.4, 0.5) is 0 Å². The molecule has 0 aromatic heterocycles. The van der Waals surface area contributed by atoms with Crippen molar-refractivity contribution in [1.29, 1.82) is 0 Å². The van der Waals surface area contributed by atoms with Crippen LogP contribution >= 0.6 is 11.8 Å². The Morgan fingerprint density at radius 1 is 1.77 bits per heavy atom. The van der Waals surface area contributed by atoms with Crippen LogP contribution in [0.25, 0.3) is 0 Å². The van der Waals surface area contributed by atoms with Crippen molar-refractivity contribution >= 4 is 17.7 Å². The maximum atomic E-state index is 10.1. The molecule has 0 heterocycles. The van der Waals surface area contributed by atoms with Crippen molar-refractivity contribution in [1.82, 2.24) is 0 Å². The van der Waals surface area contributed by atoms with E-state index in [0.717, 1.165) is 5.75 Å². The minimum absolute atomic E-state index is 0.552. The van der Waals surface area contributed by atoms with Gasteiger partial charge < -0.3 is 16.0 Å². The molecule has 78 valence electrons. The molecule has 7 nitrogen and oxygen atoms in total. The first-order chi connectivity index (χ1) is 5.91. The minimum atomic E-state index is -1.50. The van der Waals surface area contributed by atoms with Crippen molar-refractivity contribution in [3.8, 4) is 0 Å². The van der Waals surface area contributed by atoms with Gasteiger partial charge in [0.25, 0.3) is 5.09 Å². The van der Waals surface area contributed by atoms with Gasteiger partial charge in [0, 0.05) is 0 Å². The summed E-state index contributed by atoms with van der Waals surface area (Å²) < 4.78 is 0. The maximum Gasteiger partial charge on any atom is 0.320 e. The SMILES string of the molecule is CSCC[C@H](N)C(=O)O.O=[N+]([O-])O. The van der Waals surface area contributed by atoms with E-state index in [4.69, 9.17) is 26.2 Å². The van der Waals surface area contributed by atoms with Gasteiger partial charge in [0.2, 0.25) is 0 Å². The molecule has 8 heteroatoms. The van der Waals surface area contributed by atoms with Crippen molar-refractivity contribution in [2.45, 2.75) is 12.5 Å². The van der Waals surface area contributed by atoms with E-state index in [2.05, 4.69) is 0 Å². The summed E-state index contributed by atoms with van der Waals surface area (Å²) >= 11 is 1.60. The summed E-state index contributed by atoms with van der Waals surface area (Å²) in [5.41, 5.74) is 5.19. The van der Waals surface area contributed by atoms with Crippen molar-refractivity contribution in [2.24, 2.45) is 5.73 Å². The highest BCUT2D eigenvalue weighted by molar-refractivity contribution is 7.98. The van der Waals surface area contributed by atoms with E-state index in [0.29, 0.717) is 6.42 Å². The highest BCUT2D eigenvalue weighted by Gasteiger charge is 2.08. The Morgan fingerprint density at radius 2 is 2.15 bits per heavy atom. The van der Waals surface area contributed by atoms with Gasteiger partial charge in [-0.15, -0.1) is 10.1 Å². The van der Waals surface area contributed by atoms with Gasteiger partial charge in [-0.1, -0.05) is 0 Å². The molecule has 0 aromatic carbocycles. The molecule has 0 unspecified atom stereocenters. The van der Waals surface area contributed by atoms with E-state index >= 15 is 0 Å². The van der Waals surface area contributed by atoms with Crippen molar-refractivity contribution in [3.63, 3.8) is 0 Å². The molecule has 0 aliphatic heterocycles. The number of hydrogen-bond donors (Lipinski definition) is 3. The lowest BCUT2D eigenvalue weighted by atomic mass is 10.2. The van der Waals surface area contributed by atoms with Crippen LogP contribution in [0.15, 0.2) is 0 Å². The van der Waals surface area contributed by atoms with Crippen LogP contribution < -0.4 is 5.73 Å². The van der Waals surface area contributed by atoms with Crippen LogP contribution in [0.5, 0.6) is 0 Å². The topological polar surface area (TPSA) is 127 Å². The standard InChI is InChI=1S/C5H11NO2S.HNO3/c1-9-3-2-4(6)5(7)8;2-1(3)4/h4H,2-3,6H2,1H3,(H,7,8);(H,2,3,4)/t4-;/m0./s1. The van der Waals surface area contributed by atoms with Gasteiger partial charge in [-0.05, 0) is 18.4 Å². The predicted molar refractivity (Wildman–Crippen MR) is 47.4 cm³/mol. The Balaban J connectivity index is 0. The average Bonchev–Trinajstić information content (AvgIpc) is 1.98. The zero-order valence-corrected chi connectivity index (χ0v) is 7.86. The lowest BCUT2D eigenvalue weighted by Crippen LogP contribution is -2.30. The normalized spacial score (nSPS) is 10.9. The number of hydrogen-bond acceptors (Lipinski definition) is 5. The molecule has 0 aromatic rings. The minimum Gasteiger partial charge on any atom is -0.480 e. The van der Waals surface area contributed by atoms with Gasteiger partial charge in [0.15, 0.2) is 0 Å². The lowest BCUT2D eigenvalue weighted by Gasteiger charge is -2.02. The summed E-state index contributed by atoms with van der Waals surface area (Å²) in [6.45, 7) is 0. The van der Waals surface area contributed by atoms with Crippen molar-refractivity contribution in [3.05, 3.63) is 10.1 Å². The number of aliphatic carboxylic acids is 1. The maximum absolute atomic E-state index is 10.1. The lowest BCUT2D eigenvalue weighted by molar-refractivity contribution is -0.742. The first kappa shape index (κ1) is 14.5. The smallest absolute Gasteiger partial charge is 0.320 e. The molecule has 1 atom stereocenters. The zero-order chi connectivity index (χ0) is 10.9. The third-order valence-corrected chi connectivity index (χ3v) is 1.59. The Morgan fingerprint density at radius 3 is 2.38 bits per heavy atom. The Hall–Kier alpha value is -1.02. The number of carboxylic acids is 1. The Bertz CT molecular complexity index is 161. The fraction of sp³-hybridized carbons (Fsp3) is 0.800. The molecule has 4 N–H and O–H groups in total. The molecule has 0 radical (unpaired) electrons. The Kier molecular flexibility index (Phi) is 10.1. The second kappa shape index (κ2) is 9.07. The molecule has 13 heavy (non-hydrogen) atoms. The first-order valence-corrected chi connectivity index (χ1v) is 4.61. The highest BCUT2D eigenvalue weighted by atomic mass is 32.2. The average molecular weight is 212 g/mol. The molecule has 0 amide bonds. The second-order valence-corrected chi connectivity index (χ2v) is 2.95. The van der Waals surface area contributed by atoms with E-state index in [-0.39, 0.29) is 0 Å². The highest BCUT2D eigenvalue weighted by Crippen LogP contribution is 1.97. The summed E-state index contributed by atoms with van der Waals surface area (Å²) in [4.78, 5) is 18.4. The fourth-order valence-electron chi connectivity index (χ4n) is 0.368. The number of nitrogens with zero attached hydrogens (tertiary/aromatic N) is 1. The van der Waals surface area contributed by atoms with Gasteiger partial charge >= 0.3 is 5.97 Å². The fourth-order valence-corrected chi connectivity index (χ4v) is 0.858. The van der Waals surface area contributed by atoms with E-state index in [1.54, 1.807) is 11.8 Å².